The van der Waals surface area contributed by atoms with Gasteiger partial charge in [-0.15, -0.1) is 0 Å². The number of nitrogens with zero attached hydrogens (tertiary/aromatic N) is 1. The number of benzene rings is 2. The van der Waals surface area contributed by atoms with Crippen molar-refractivity contribution < 1.29 is 23.8 Å². The molecule has 1 aliphatic rings. The summed E-state index contributed by atoms with van der Waals surface area (Å²) in [6.07, 6.45) is 0.0327. The predicted molar refractivity (Wildman–Crippen MR) is 118 cm³/mol. The van der Waals surface area contributed by atoms with Gasteiger partial charge in [0.15, 0.2) is 0 Å². The summed E-state index contributed by atoms with van der Waals surface area (Å²) in [7, 11) is 0. The van der Waals surface area contributed by atoms with Gasteiger partial charge in [0, 0.05) is 24.3 Å². The number of aliphatic hydroxyl groups is 1. The normalized spacial score (nSPS) is 16.1. The zero-order valence-corrected chi connectivity index (χ0v) is 18.3. The molecule has 1 amide bonds. The maximum atomic E-state index is 13.8. The number of amides is 1. The number of piperidine rings is 1. The lowest BCUT2D eigenvalue weighted by atomic mass is 9.98. The SMILES string of the molecule is CC(C)(C)OC(=O)N1CCC(COC(O)Nc2ccc(F)cc2-c2ccccc2)CC1. The minimum absolute atomic E-state index is 0.233. The van der Waals surface area contributed by atoms with Crippen molar-refractivity contribution in [1.82, 2.24) is 4.90 Å². The summed E-state index contributed by atoms with van der Waals surface area (Å²) in [4.78, 5) is 13.9. The Hall–Kier alpha value is -2.64. The van der Waals surface area contributed by atoms with E-state index in [4.69, 9.17) is 9.47 Å². The molecule has 1 atom stereocenters. The molecule has 1 unspecified atom stereocenters. The molecule has 7 heteroatoms. The fourth-order valence-corrected chi connectivity index (χ4v) is 3.51. The van der Waals surface area contributed by atoms with E-state index in [0.29, 0.717) is 30.9 Å². The summed E-state index contributed by atoms with van der Waals surface area (Å²) in [5.41, 5.74) is 1.56. The predicted octanol–water partition coefficient (Wildman–Crippen LogP) is 4.84. The molecular formula is C24H31FN2O4. The second-order valence-electron chi connectivity index (χ2n) is 8.80. The Morgan fingerprint density at radius 3 is 2.52 bits per heavy atom. The number of nitrogens with one attached hydrogen (secondary N) is 1. The van der Waals surface area contributed by atoms with Crippen molar-refractivity contribution in [2.45, 2.75) is 45.6 Å². The van der Waals surface area contributed by atoms with Crippen molar-refractivity contribution in [3.05, 3.63) is 54.3 Å². The molecule has 168 valence electrons. The van der Waals surface area contributed by atoms with Crippen molar-refractivity contribution in [3.63, 3.8) is 0 Å². The maximum Gasteiger partial charge on any atom is 0.410 e. The number of carbonyl (C=O) groups excluding carboxylic acids is 1. The zero-order valence-electron chi connectivity index (χ0n) is 18.3. The van der Waals surface area contributed by atoms with Crippen molar-refractivity contribution >= 4 is 11.8 Å². The quantitative estimate of drug-likeness (QED) is 0.642. The van der Waals surface area contributed by atoms with Gasteiger partial charge < -0.3 is 24.8 Å². The highest BCUT2D eigenvalue weighted by molar-refractivity contribution is 5.77. The molecule has 1 heterocycles. The molecule has 2 aromatic rings. The van der Waals surface area contributed by atoms with Crippen LogP contribution in [0.25, 0.3) is 11.1 Å². The molecule has 1 aliphatic heterocycles. The first-order valence-corrected chi connectivity index (χ1v) is 10.6. The Morgan fingerprint density at radius 2 is 1.87 bits per heavy atom. The van der Waals surface area contributed by atoms with Crippen LogP contribution in [0.15, 0.2) is 48.5 Å². The average molecular weight is 431 g/mol. The molecule has 0 aromatic heterocycles. The first-order chi connectivity index (χ1) is 14.7. The van der Waals surface area contributed by atoms with Gasteiger partial charge >= 0.3 is 6.09 Å². The third-order valence-electron chi connectivity index (χ3n) is 5.10. The van der Waals surface area contributed by atoms with Gasteiger partial charge in [-0.05, 0) is 63.3 Å². The molecular weight excluding hydrogens is 399 g/mol. The van der Waals surface area contributed by atoms with E-state index < -0.39 is 12.0 Å². The summed E-state index contributed by atoms with van der Waals surface area (Å²) >= 11 is 0. The molecule has 0 bridgehead atoms. The first kappa shape index (κ1) is 23.0. The lowest BCUT2D eigenvalue weighted by molar-refractivity contribution is -0.0945. The van der Waals surface area contributed by atoms with E-state index in [-0.39, 0.29) is 17.8 Å². The summed E-state index contributed by atoms with van der Waals surface area (Å²) < 4.78 is 24.8. The standard InChI is InChI=1S/C24H31FN2O4/c1-24(2,3)31-23(29)27-13-11-17(12-14-27)16-30-22(28)26-21-10-9-19(25)15-20(21)18-7-5-4-6-8-18/h4-10,15,17,22,26,28H,11-14,16H2,1-3H3. The number of hydrogen-bond acceptors (Lipinski definition) is 5. The summed E-state index contributed by atoms with van der Waals surface area (Å²) in [6, 6.07) is 13.8. The van der Waals surface area contributed by atoms with Crippen LogP contribution in [0.4, 0.5) is 14.9 Å². The van der Waals surface area contributed by atoms with E-state index in [9.17, 15) is 14.3 Å². The minimum Gasteiger partial charge on any atom is -0.444 e. The average Bonchev–Trinajstić information content (AvgIpc) is 2.73. The molecule has 3 rings (SSSR count). The van der Waals surface area contributed by atoms with Crippen LogP contribution in [-0.2, 0) is 9.47 Å². The van der Waals surface area contributed by atoms with Gasteiger partial charge in [0.2, 0.25) is 6.41 Å². The van der Waals surface area contributed by atoms with Crippen LogP contribution in [0.3, 0.4) is 0 Å². The molecule has 6 nitrogen and oxygen atoms in total. The summed E-state index contributed by atoms with van der Waals surface area (Å²) in [5.74, 6) is -0.117. The number of likely N-dealkylation sites (tertiary alicyclic amines) is 1. The van der Waals surface area contributed by atoms with Crippen LogP contribution in [0.1, 0.15) is 33.6 Å². The molecule has 1 fully saturated rings. The molecule has 0 saturated carbocycles. The minimum atomic E-state index is -1.23. The van der Waals surface area contributed by atoms with Gasteiger partial charge in [0.1, 0.15) is 11.4 Å². The molecule has 2 N–H and O–H groups in total. The van der Waals surface area contributed by atoms with Gasteiger partial charge in [-0.25, -0.2) is 9.18 Å². The van der Waals surface area contributed by atoms with E-state index in [1.807, 2.05) is 51.1 Å². The summed E-state index contributed by atoms with van der Waals surface area (Å²) in [6.45, 7) is 7.11. The molecule has 1 saturated heterocycles. The van der Waals surface area contributed by atoms with E-state index in [1.54, 1.807) is 11.0 Å². The fraction of sp³-hybridized carbons (Fsp3) is 0.458. The molecule has 0 spiro atoms. The number of hydrogen-bond donors (Lipinski definition) is 2. The number of ether oxygens (including phenoxy) is 2. The number of rotatable bonds is 6. The third-order valence-corrected chi connectivity index (χ3v) is 5.10. The maximum absolute atomic E-state index is 13.8. The van der Waals surface area contributed by atoms with Crippen molar-refractivity contribution in [2.75, 3.05) is 25.0 Å². The Morgan fingerprint density at radius 1 is 1.19 bits per heavy atom. The topological polar surface area (TPSA) is 71.0 Å². The van der Waals surface area contributed by atoms with E-state index in [0.717, 1.165) is 18.4 Å². The van der Waals surface area contributed by atoms with Gasteiger partial charge in [-0.2, -0.15) is 0 Å². The van der Waals surface area contributed by atoms with Gasteiger partial charge in [-0.1, -0.05) is 30.3 Å². The number of aliphatic hydroxyl groups excluding tert-OH is 1. The third kappa shape index (κ3) is 6.94. The molecule has 0 radical (unpaired) electrons. The highest BCUT2D eigenvalue weighted by atomic mass is 19.1. The number of carbonyl (C=O) groups is 1. The van der Waals surface area contributed by atoms with Crippen LogP contribution in [0, 0.1) is 11.7 Å². The zero-order chi connectivity index (χ0) is 22.4. The Labute approximate surface area is 183 Å². The Bertz CT molecular complexity index is 862. The molecule has 31 heavy (non-hydrogen) atoms. The van der Waals surface area contributed by atoms with Gasteiger partial charge in [0.05, 0.1) is 6.61 Å². The highest BCUT2D eigenvalue weighted by Crippen LogP contribution is 2.29. The van der Waals surface area contributed by atoms with Crippen molar-refractivity contribution in [2.24, 2.45) is 5.92 Å². The highest BCUT2D eigenvalue weighted by Gasteiger charge is 2.27. The molecule has 2 aromatic carbocycles. The fourth-order valence-electron chi connectivity index (χ4n) is 3.51. The lowest BCUT2D eigenvalue weighted by Crippen LogP contribution is -2.42. The van der Waals surface area contributed by atoms with Crippen LogP contribution in [-0.4, -0.2) is 47.8 Å². The Balaban J connectivity index is 1.50. The first-order valence-electron chi connectivity index (χ1n) is 10.6. The van der Waals surface area contributed by atoms with Crippen LogP contribution < -0.4 is 5.32 Å². The summed E-state index contributed by atoms with van der Waals surface area (Å²) in [5, 5.41) is 13.2. The largest absolute Gasteiger partial charge is 0.444 e. The lowest BCUT2D eigenvalue weighted by Gasteiger charge is -2.33. The number of halogens is 1. The van der Waals surface area contributed by atoms with Crippen LogP contribution in [0.5, 0.6) is 0 Å². The monoisotopic (exact) mass is 430 g/mol. The Kier molecular flexibility index (Phi) is 7.51. The van der Waals surface area contributed by atoms with E-state index in [2.05, 4.69) is 5.32 Å². The van der Waals surface area contributed by atoms with Crippen LogP contribution >= 0.6 is 0 Å². The second kappa shape index (κ2) is 10.1. The van der Waals surface area contributed by atoms with Crippen molar-refractivity contribution in [1.29, 1.82) is 0 Å². The van der Waals surface area contributed by atoms with Gasteiger partial charge in [0.25, 0.3) is 0 Å². The number of anilines is 1. The van der Waals surface area contributed by atoms with E-state index in [1.165, 1.54) is 12.1 Å². The van der Waals surface area contributed by atoms with E-state index >= 15 is 0 Å². The molecule has 0 aliphatic carbocycles. The smallest absolute Gasteiger partial charge is 0.410 e. The van der Waals surface area contributed by atoms with Crippen molar-refractivity contribution in [3.8, 4) is 11.1 Å². The second-order valence-corrected chi connectivity index (χ2v) is 8.80. The van der Waals surface area contributed by atoms with Crippen LogP contribution in [0.2, 0.25) is 0 Å². The van der Waals surface area contributed by atoms with Gasteiger partial charge in [-0.3, -0.25) is 0 Å².